The predicted octanol–water partition coefficient (Wildman–Crippen LogP) is 0.863. The number of alkyl halides is 1. The molecule has 1 saturated heterocycles. The molecule has 1 aliphatic rings. The van der Waals surface area contributed by atoms with E-state index in [-0.39, 0.29) is 16.9 Å². The lowest BCUT2D eigenvalue weighted by Gasteiger charge is -2.38. The van der Waals surface area contributed by atoms with Gasteiger partial charge in [0.05, 0.1) is 12.1 Å². The Morgan fingerprint density at radius 1 is 1.53 bits per heavy atom. The van der Waals surface area contributed by atoms with E-state index >= 15 is 0 Å². The molecule has 1 N–H and O–H groups in total. The summed E-state index contributed by atoms with van der Waals surface area (Å²) in [5, 5.41) is 6.47. The highest BCUT2D eigenvalue weighted by atomic mass is 35.5. The fourth-order valence-corrected chi connectivity index (χ4v) is 4.18. The van der Waals surface area contributed by atoms with Crippen molar-refractivity contribution >= 4 is 21.6 Å². The monoisotopic (exact) mass is 306 g/mol. The Morgan fingerprint density at radius 2 is 2.26 bits per heavy atom. The van der Waals surface area contributed by atoms with Crippen LogP contribution in [0.5, 0.6) is 0 Å². The van der Waals surface area contributed by atoms with Gasteiger partial charge < -0.3 is 4.90 Å². The Balaban J connectivity index is 2.25. The Hall–Kier alpha value is -0.630. The molecule has 2 rings (SSSR count). The highest BCUT2D eigenvalue weighted by Gasteiger charge is 2.34. The molecule has 0 radical (unpaired) electrons. The molecule has 0 aromatic carbocycles. The van der Waals surface area contributed by atoms with Crippen LogP contribution in [0.3, 0.4) is 0 Å². The maximum atomic E-state index is 12.6. The first kappa shape index (κ1) is 14.8. The molecule has 0 aliphatic carbocycles. The highest BCUT2D eigenvalue weighted by molar-refractivity contribution is 7.89. The Bertz CT molecular complexity index is 531. The molecule has 6 nitrogen and oxygen atoms in total. The number of nitrogens with one attached hydrogen (secondary N) is 1. The van der Waals surface area contributed by atoms with E-state index in [0.717, 1.165) is 13.0 Å². The lowest BCUT2D eigenvalue weighted by molar-refractivity contribution is 0.144. The van der Waals surface area contributed by atoms with Crippen LogP contribution in [0.4, 0.5) is 0 Å². The van der Waals surface area contributed by atoms with Gasteiger partial charge in [-0.3, -0.25) is 5.10 Å². The van der Waals surface area contributed by atoms with Gasteiger partial charge in [-0.05, 0) is 13.5 Å². The average Bonchev–Trinajstić information content (AvgIpc) is 2.88. The number of aromatic amines is 1. The molecular weight excluding hydrogens is 288 g/mol. The first-order chi connectivity index (χ1) is 9.00. The van der Waals surface area contributed by atoms with Crippen molar-refractivity contribution in [3.63, 3.8) is 0 Å². The van der Waals surface area contributed by atoms with Crippen LogP contribution in [0, 0.1) is 0 Å². The number of halogens is 1. The van der Waals surface area contributed by atoms with Gasteiger partial charge in [-0.2, -0.15) is 9.40 Å². The van der Waals surface area contributed by atoms with Crippen LogP contribution in [-0.4, -0.2) is 60.5 Å². The quantitative estimate of drug-likeness (QED) is 0.838. The number of hydrogen-bond acceptors (Lipinski definition) is 4. The van der Waals surface area contributed by atoms with E-state index in [2.05, 4.69) is 22.0 Å². The van der Waals surface area contributed by atoms with Gasteiger partial charge in [0.2, 0.25) is 0 Å². The van der Waals surface area contributed by atoms with Gasteiger partial charge in [-0.1, -0.05) is 6.92 Å². The summed E-state index contributed by atoms with van der Waals surface area (Å²) in [5.41, 5.74) is 0.522. The molecule has 0 spiro atoms. The SMILES string of the molecule is CCC1CN(S(=O)(=O)c2[nH]ncc2CCl)CCN1C. The summed E-state index contributed by atoms with van der Waals surface area (Å²) in [4.78, 5) is 2.20. The zero-order valence-corrected chi connectivity index (χ0v) is 12.7. The van der Waals surface area contributed by atoms with Crippen LogP contribution in [0.15, 0.2) is 11.2 Å². The summed E-state index contributed by atoms with van der Waals surface area (Å²) in [6, 6.07) is 0.255. The highest BCUT2D eigenvalue weighted by Crippen LogP contribution is 2.22. The number of H-pyrrole nitrogens is 1. The number of aromatic nitrogens is 2. The van der Waals surface area contributed by atoms with Gasteiger partial charge in [0.15, 0.2) is 5.03 Å². The standard InChI is InChI=1S/C11H19ClN4O2S/c1-3-10-8-16(5-4-15(10)2)19(17,18)11-9(6-12)7-13-14-11/h7,10H,3-6,8H2,1-2H3,(H,13,14). The molecule has 19 heavy (non-hydrogen) atoms. The summed E-state index contributed by atoms with van der Waals surface area (Å²) < 4.78 is 26.7. The first-order valence-electron chi connectivity index (χ1n) is 6.29. The summed E-state index contributed by atoms with van der Waals surface area (Å²) in [6.45, 7) is 3.81. The second-order valence-corrected chi connectivity index (χ2v) is 6.91. The Labute approximate surface area is 118 Å². The van der Waals surface area contributed by atoms with Gasteiger partial charge >= 0.3 is 0 Å². The minimum Gasteiger partial charge on any atom is -0.301 e. The van der Waals surface area contributed by atoms with Crippen molar-refractivity contribution in [1.82, 2.24) is 19.4 Å². The van der Waals surface area contributed by atoms with Crippen molar-refractivity contribution in [3.05, 3.63) is 11.8 Å². The Morgan fingerprint density at radius 3 is 2.89 bits per heavy atom. The molecule has 0 bridgehead atoms. The van der Waals surface area contributed by atoms with Crippen LogP contribution in [0.2, 0.25) is 0 Å². The fraction of sp³-hybridized carbons (Fsp3) is 0.727. The molecular formula is C11H19ClN4O2S. The smallest absolute Gasteiger partial charge is 0.260 e. The van der Waals surface area contributed by atoms with Gasteiger partial charge in [-0.25, -0.2) is 8.42 Å². The van der Waals surface area contributed by atoms with Gasteiger partial charge in [0.25, 0.3) is 10.0 Å². The van der Waals surface area contributed by atoms with E-state index in [0.29, 0.717) is 18.7 Å². The van der Waals surface area contributed by atoms with Gasteiger partial charge in [-0.15, -0.1) is 11.6 Å². The second-order valence-electron chi connectivity index (χ2n) is 4.76. The van der Waals surface area contributed by atoms with E-state index in [1.165, 1.54) is 10.5 Å². The molecule has 108 valence electrons. The van der Waals surface area contributed by atoms with E-state index in [1.807, 2.05) is 7.05 Å². The number of hydrogen-bond donors (Lipinski definition) is 1. The van der Waals surface area contributed by atoms with Crippen molar-refractivity contribution in [2.75, 3.05) is 26.7 Å². The number of rotatable bonds is 4. The molecule has 0 amide bonds. The van der Waals surface area contributed by atoms with Crippen LogP contribution < -0.4 is 0 Å². The zero-order valence-electron chi connectivity index (χ0n) is 11.1. The van der Waals surface area contributed by atoms with E-state index < -0.39 is 10.0 Å². The number of likely N-dealkylation sites (N-methyl/N-ethyl adjacent to an activating group) is 1. The number of sulfonamides is 1. The van der Waals surface area contributed by atoms with Crippen molar-refractivity contribution < 1.29 is 8.42 Å². The molecule has 1 unspecified atom stereocenters. The van der Waals surface area contributed by atoms with Crippen LogP contribution in [0.25, 0.3) is 0 Å². The van der Waals surface area contributed by atoms with Crippen LogP contribution >= 0.6 is 11.6 Å². The van der Waals surface area contributed by atoms with Crippen molar-refractivity contribution in [3.8, 4) is 0 Å². The summed E-state index contributed by atoms with van der Waals surface area (Å²) in [7, 11) is -1.50. The summed E-state index contributed by atoms with van der Waals surface area (Å²) >= 11 is 5.75. The maximum Gasteiger partial charge on any atom is 0.260 e. The Kier molecular flexibility index (Phi) is 4.50. The second kappa shape index (κ2) is 5.78. The van der Waals surface area contributed by atoms with Crippen LogP contribution in [0.1, 0.15) is 18.9 Å². The summed E-state index contributed by atoms with van der Waals surface area (Å²) in [5.74, 6) is 0.135. The average molecular weight is 307 g/mol. The molecule has 1 atom stereocenters. The molecule has 0 saturated carbocycles. The lowest BCUT2D eigenvalue weighted by Crippen LogP contribution is -2.52. The molecule has 1 fully saturated rings. The third-order valence-corrected chi connectivity index (χ3v) is 5.80. The van der Waals surface area contributed by atoms with Crippen molar-refractivity contribution in [2.24, 2.45) is 0 Å². The van der Waals surface area contributed by atoms with Crippen LogP contribution in [-0.2, 0) is 15.9 Å². The topological polar surface area (TPSA) is 69.3 Å². The number of piperazine rings is 1. The molecule has 1 aromatic rings. The van der Waals surface area contributed by atoms with Gasteiger partial charge in [0, 0.05) is 31.2 Å². The summed E-state index contributed by atoms with van der Waals surface area (Å²) in [6.07, 6.45) is 2.39. The number of nitrogens with zero attached hydrogens (tertiary/aromatic N) is 3. The van der Waals surface area contributed by atoms with Crippen molar-refractivity contribution in [2.45, 2.75) is 30.3 Å². The molecule has 1 aliphatic heterocycles. The van der Waals surface area contributed by atoms with E-state index in [1.54, 1.807) is 0 Å². The normalized spacial score (nSPS) is 22.8. The zero-order chi connectivity index (χ0) is 14.0. The predicted molar refractivity (Wildman–Crippen MR) is 73.6 cm³/mol. The first-order valence-corrected chi connectivity index (χ1v) is 8.26. The third-order valence-electron chi connectivity index (χ3n) is 3.63. The largest absolute Gasteiger partial charge is 0.301 e. The minimum absolute atomic E-state index is 0.127. The molecule has 2 heterocycles. The maximum absolute atomic E-state index is 12.6. The molecule has 8 heteroatoms. The van der Waals surface area contributed by atoms with E-state index in [4.69, 9.17) is 11.6 Å². The third kappa shape index (κ3) is 2.79. The van der Waals surface area contributed by atoms with E-state index in [9.17, 15) is 8.42 Å². The van der Waals surface area contributed by atoms with Gasteiger partial charge in [0.1, 0.15) is 0 Å². The minimum atomic E-state index is -3.52. The van der Waals surface area contributed by atoms with Crippen molar-refractivity contribution in [1.29, 1.82) is 0 Å². The lowest BCUT2D eigenvalue weighted by atomic mass is 10.1. The molecule has 1 aromatic heterocycles. The fourth-order valence-electron chi connectivity index (χ4n) is 2.32.